The van der Waals surface area contributed by atoms with Gasteiger partial charge < -0.3 is 19.5 Å². The summed E-state index contributed by atoms with van der Waals surface area (Å²) in [4.78, 5) is 14.0. The Labute approximate surface area is 208 Å². The predicted octanol–water partition coefficient (Wildman–Crippen LogP) is 2.29. The molecule has 0 amide bonds. The van der Waals surface area contributed by atoms with Crippen LogP contribution < -0.4 is 10.2 Å². The summed E-state index contributed by atoms with van der Waals surface area (Å²) in [6.07, 6.45) is -2.10. The normalized spacial score (nSPS) is 23.8. The van der Waals surface area contributed by atoms with Gasteiger partial charge in [-0.1, -0.05) is 17.2 Å². The zero-order valence-corrected chi connectivity index (χ0v) is 20.3. The maximum absolute atomic E-state index is 13.4. The second-order valence-electron chi connectivity index (χ2n) is 9.36. The molecule has 9 nitrogen and oxygen atoms in total. The van der Waals surface area contributed by atoms with E-state index in [1.54, 1.807) is 12.3 Å². The van der Waals surface area contributed by atoms with Crippen molar-refractivity contribution >= 4 is 34.0 Å². The van der Waals surface area contributed by atoms with Crippen LogP contribution in [0.5, 0.6) is 0 Å². The second-order valence-corrected chi connectivity index (χ2v) is 11.0. The molecule has 6 rings (SSSR count). The molecule has 0 radical (unpaired) electrons. The fraction of sp³-hybridized carbons (Fsp3) is 0.522. The van der Waals surface area contributed by atoms with Crippen LogP contribution >= 0.6 is 0 Å². The molecule has 36 heavy (non-hydrogen) atoms. The first-order valence-corrected chi connectivity index (χ1v) is 13.5. The molecule has 0 aliphatic carbocycles. The Hall–Kier alpha value is -2.61. The molecule has 1 N–H and O–H groups in total. The van der Waals surface area contributed by atoms with Crippen LogP contribution in [0.25, 0.3) is 16.7 Å². The van der Waals surface area contributed by atoms with Gasteiger partial charge in [0, 0.05) is 38.6 Å². The molecule has 13 heteroatoms. The van der Waals surface area contributed by atoms with E-state index in [2.05, 4.69) is 25.2 Å². The van der Waals surface area contributed by atoms with E-state index in [1.165, 1.54) is 10.7 Å². The first-order chi connectivity index (χ1) is 17.3. The lowest BCUT2D eigenvalue weighted by molar-refractivity contribution is -0.137. The van der Waals surface area contributed by atoms with E-state index in [0.717, 1.165) is 57.9 Å². The SMILES string of the molecule is [O-][S+]1CCC(Nc2nc(N3CC(N4CCOCC4)C3)c3cnn(-c4cccc(C(F)(F)F)c4)c3n2)C1. The van der Waals surface area contributed by atoms with Crippen LogP contribution in [0.3, 0.4) is 0 Å². The van der Waals surface area contributed by atoms with Gasteiger partial charge in [-0.2, -0.15) is 28.2 Å². The molecule has 3 fully saturated rings. The van der Waals surface area contributed by atoms with E-state index in [4.69, 9.17) is 9.72 Å². The monoisotopic (exact) mass is 521 g/mol. The molecule has 1 aromatic carbocycles. The molecular weight excluding hydrogens is 495 g/mol. The van der Waals surface area contributed by atoms with Crippen LogP contribution in [0.2, 0.25) is 0 Å². The number of nitrogens with one attached hydrogen (secondary N) is 1. The largest absolute Gasteiger partial charge is 0.616 e. The highest BCUT2D eigenvalue weighted by atomic mass is 32.2. The minimum Gasteiger partial charge on any atom is -0.616 e. The second kappa shape index (κ2) is 9.36. The fourth-order valence-corrected chi connectivity index (χ4v) is 6.38. The van der Waals surface area contributed by atoms with Gasteiger partial charge in [0.25, 0.3) is 0 Å². The van der Waals surface area contributed by atoms with Crippen molar-refractivity contribution in [2.24, 2.45) is 0 Å². The van der Waals surface area contributed by atoms with E-state index in [0.29, 0.717) is 40.3 Å². The Bertz CT molecular complexity index is 1240. The van der Waals surface area contributed by atoms with Crippen LogP contribution in [0, 0.1) is 0 Å². The number of halogens is 3. The van der Waals surface area contributed by atoms with Crippen molar-refractivity contribution in [3.63, 3.8) is 0 Å². The summed E-state index contributed by atoms with van der Waals surface area (Å²) in [6.45, 7) is 4.83. The molecule has 2 unspecified atom stereocenters. The van der Waals surface area contributed by atoms with Crippen LogP contribution in [-0.4, -0.2) is 92.2 Å². The number of hydrogen-bond acceptors (Lipinski definition) is 8. The van der Waals surface area contributed by atoms with Gasteiger partial charge in [-0.25, -0.2) is 4.68 Å². The van der Waals surface area contributed by atoms with Crippen molar-refractivity contribution < 1.29 is 22.5 Å². The lowest BCUT2D eigenvalue weighted by Gasteiger charge is -2.47. The van der Waals surface area contributed by atoms with E-state index < -0.39 is 22.9 Å². The Morgan fingerprint density at radius 2 is 1.94 bits per heavy atom. The summed E-state index contributed by atoms with van der Waals surface area (Å²) >= 11 is -0.872. The average molecular weight is 522 g/mol. The molecule has 5 heterocycles. The molecule has 3 aromatic rings. The summed E-state index contributed by atoms with van der Waals surface area (Å²) in [5.74, 6) is 2.21. The van der Waals surface area contributed by atoms with Gasteiger partial charge in [-0.3, -0.25) is 4.90 Å². The van der Waals surface area contributed by atoms with Crippen molar-refractivity contribution in [2.75, 3.05) is 61.1 Å². The summed E-state index contributed by atoms with van der Waals surface area (Å²) in [5, 5.41) is 8.37. The maximum Gasteiger partial charge on any atom is 0.416 e. The molecular formula is C23H26F3N7O2S. The number of alkyl halides is 3. The van der Waals surface area contributed by atoms with Crippen LogP contribution in [0.15, 0.2) is 30.5 Å². The standard InChI is InChI=1S/C23H26F3N7O2S/c24-23(25,26)15-2-1-3-17(10-15)33-21-19(11-27-33)20(29-22(30-21)28-16-4-9-36(34)14-16)32-12-18(13-32)31-5-7-35-8-6-31/h1-3,10-11,16,18H,4-9,12-14H2,(H,28,29,30). The van der Waals surface area contributed by atoms with Gasteiger partial charge in [-0.05, 0) is 18.2 Å². The van der Waals surface area contributed by atoms with Crippen molar-refractivity contribution in [2.45, 2.75) is 24.7 Å². The number of aromatic nitrogens is 4. The highest BCUT2D eigenvalue weighted by Gasteiger charge is 2.36. The van der Waals surface area contributed by atoms with Crippen LogP contribution in [0.1, 0.15) is 12.0 Å². The summed E-state index contributed by atoms with van der Waals surface area (Å²) in [6, 6.07) is 5.43. The number of rotatable bonds is 5. The highest BCUT2D eigenvalue weighted by Crippen LogP contribution is 2.34. The number of fused-ring (bicyclic) bond motifs is 1. The van der Waals surface area contributed by atoms with E-state index in [-0.39, 0.29) is 11.7 Å². The molecule has 3 saturated heterocycles. The third-order valence-corrected chi connectivity index (χ3v) is 8.43. The third-order valence-electron chi connectivity index (χ3n) is 6.96. The minimum atomic E-state index is -4.46. The molecule has 2 aromatic heterocycles. The number of anilines is 2. The average Bonchev–Trinajstić information content (AvgIpc) is 3.44. The maximum atomic E-state index is 13.4. The van der Waals surface area contributed by atoms with Gasteiger partial charge in [0.2, 0.25) is 5.95 Å². The van der Waals surface area contributed by atoms with Crippen molar-refractivity contribution in [3.05, 3.63) is 36.0 Å². The lowest BCUT2D eigenvalue weighted by Crippen LogP contribution is -2.61. The molecule has 192 valence electrons. The smallest absolute Gasteiger partial charge is 0.416 e. The molecule has 0 spiro atoms. The zero-order chi connectivity index (χ0) is 24.9. The minimum absolute atomic E-state index is 0.0152. The molecule has 3 aliphatic rings. The van der Waals surface area contributed by atoms with Crippen molar-refractivity contribution in [1.29, 1.82) is 0 Å². The molecule has 2 atom stereocenters. The Morgan fingerprint density at radius 3 is 2.67 bits per heavy atom. The van der Waals surface area contributed by atoms with Crippen molar-refractivity contribution in [3.8, 4) is 5.69 Å². The predicted molar refractivity (Wildman–Crippen MR) is 130 cm³/mol. The summed E-state index contributed by atoms with van der Waals surface area (Å²) < 4.78 is 58.8. The molecule has 3 aliphatic heterocycles. The van der Waals surface area contributed by atoms with E-state index in [9.17, 15) is 17.7 Å². The zero-order valence-electron chi connectivity index (χ0n) is 19.4. The van der Waals surface area contributed by atoms with Gasteiger partial charge in [0.15, 0.2) is 5.65 Å². The Kier molecular flexibility index (Phi) is 6.18. The van der Waals surface area contributed by atoms with Crippen LogP contribution in [0.4, 0.5) is 24.9 Å². The third kappa shape index (κ3) is 4.60. The van der Waals surface area contributed by atoms with Crippen molar-refractivity contribution in [1.82, 2.24) is 24.6 Å². The van der Waals surface area contributed by atoms with Gasteiger partial charge in [0.1, 0.15) is 17.3 Å². The quantitative estimate of drug-likeness (QED) is 0.512. The Morgan fingerprint density at radius 1 is 1.14 bits per heavy atom. The Balaban J connectivity index is 1.35. The summed E-state index contributed by atoms with van der Waals surface area (Å²) in [7, 11) is 0. The topological polar surface area (TPSA) is 94.4 Å². The lowest BCUT2D eigenvalue weighted by atomic mass is 10.1. The number of benzene rings is 1. The van der Waals surface area contributed by atoms with E-state index in [1.807, 2.05) is 0 Å². The molecule has 0 saturated carbocycles. The van der Waals surface area contributed by atoms with E-state index >= 15 is 0 Å². The van der Waals surface area contributed by atoms with Gasteiger partial charge in [0.05, 0.1) is 42.1 Å². The fourth-order valence-electron chi connectivity index (χ4n) is 4.96. The number of ether oxygens (including phenoxy) is 1. The number of hydrogen-bond donors (Lipinski definition) is 1. The first kappa shape index (κ1) is 23.8. The summed E-state index contributed by atoms with van der Waals surface area (Å²) in [5.41, 5.74) is -0.0521. The van der Waals surface area contributed by atoms with Crippen LogP contribution in [-0.2, 0) is 22.1 Å². The van der Waals surface area contributed by atoms with Gasteiger partial charge >= 0.3 is 6.18 Å². The highest BCUT2D eigenvalue weighted by molar-refractivity contribution is 7.91. The molecule has 0 bridgehead atoms. The first-order valence-electron chi connectivity index (χ1n) is 12.0. The number of morpholine rings is 1. The van der Waals surface area contributed by atoms with Gasteiger partial charge in [-0.15, -0.1) is 0 Å². The number of nitrogens with zero attached hydrogens (tertiary/aromatic N) is 6.